The average Bonchev–Trinajstić information content (AvgIpc) is 2.41. The smallest absolute Gasteiger partial charge is 0.319 e. The van der Waals surface area contributed by atoms with Gasteiger partial charge in [-0.1, -0.05) is 39.0 Å². The SMILES string of the molecule is CCCCCCCCN(CC(=O)OC)CC(=O)OC. The van der Waals surface area contributed by atoms with E-state index in [1.165, 1.54) is 39.9 Å². The second-order valence-electron chi connectivity index (χ2n) is 4.63. The number of ether oxygens (including phenoxy) is 2. The van der Waals surface area contributed by atoms with Crippen molar-refractivity contribution in [2.45, 2.75) is 45.4 Å². The molecule has 0 atom stereocenters. The zero-order chi connectivity index (χ0) is 14.5. The Hall–Kier alpha value is -1.10. The minimum absolute atomic E-state index is 0.139. The van der Waals surface area contributed by atoms with Gasteiger partial charge in [-0.05, 0) is 13.0 Å². The summed E-state index contributed by atoms with van der Waals surface area (Å²) in [5.74, 6) is -0.648. The molecule has 0 heterocycles. The Morgan fingerprint density at radius 1 is 0.842 bits per heavy atom. The van der Waals surface area contributed by atoms with Crippen LogP contribution in [0.25, 0.3) is 0 Å². The molecule has 0 rings (SSSR count). The summed E-state index contributed by atoms with van der Waals surface area (Å²) < 4.78 is 9.25. The fourth-order valence-electron chi connectivity index (χ4n) is 1.82. The third kappa shape index (κ3) is 10.5. The predicted octanol–water partition coefficient (Wildman–Crippen LogP) is 1.99. The Balaban J connectivity index is 3.90. The van der Waals surface area contributed by atoms with E-state index in [0.717, 1.165) is 19.4 Å². The fourth-order valence-corrected chi connectivity index (χ4v) is 1.82. The van der Waals surface area contributed by atoms with Crippen LogP contribution in [0.5, 0.6) is 0 Å². The number of nitrogens with zero attached hydrogens (tertiary/aromatic N) is 1. The molecule has 0 radical (unpaired) electrons. The van der Waals surface area contributed by atoms with Crippen LogP contribution < -0.4 is 0 Å². The lowest BCUT2D eigenvalue weighted by Crippen LogP contribution is -2.36. The van der Waals surface area contributed by atoms with Gasteiger partial charge in [0, 0.05) is 0 Å². The first kappa shape index (κ1) is 17.9. The molecular formula is C14H27NO4. The molecule has 0 bridgehead atoms. The monoisotopic (exact) mass is 273 g/mol. The normalized spacial score (nSPS) is 10.5. The van der Waals surface area contributed by atoms with Crippen LogP contribution in [0, 0.1) is 0 Å². The molecule has 0 aromatic carbocycles. The van der Waals surface area contributed by atoms with Crippen LogP contribution in [-0.2, 0) is 19.1 Å². The molecule has 0 unspecified atom stereocenters. The fraction of sp³-hybridized carbons (Fsp3) is 0.857. The van der Waals surface area contributed by atoms with Gasteiger partial charge in [0.1, 0.15) is 0 Å². The first-order valence-corrected chi connectivity index (χ1v) is 7.00. The van der Waals surface area contributed by atoms with Crippen LogP contribution in [0.3, 0.4) is 0 Å². The molecule has 19 heavy (non-hydrogen) atoms. The molecule has 0 saturated carbocycles. The third-order valence-corrected chi connectivity index (χ3v) is 2.99. The summed E-state index contributed by atoms with van der Waals surface area (Å²) in [4.78, 5) is 24.3. The van der Waals surface area contributed by atoms with Gasteiger partial charge < -0.3 is 9.47 Å². The number of esters is 2. The van der Waals surface area contributed by atoms with E-state index in [9.17, 15) is 9.59 Å². The number of methoxy groups -OCH3 is 2. The summed E-state index contributed by atoms with van der Waals surface area (Å²) in [7, 11) is 2.70. The maximum absolute atomic E-state index is 11.3. The zero-order valence-electron chi connectivity index (χ0n) is 12.4. The van der Waals surface area contributed by atoms with Crippen LogP contribution in [0.1, 0.15) is 45.4 Å². The summed E-state index contributed by atoms with van der Waals surface area (Å²) in [6, 6.07) is 0. The molecule has 0 amide bonds. The van der Waals surface area contributed by atoms with Gasteiger partial charge >= 0.3 is 11.9 Å². The molecule has 0 fully saturated rings. The van der Waals surface area contributed by atoms with Crippen LogP contribution in [-0.4, -0.2) is 50.7 Å². The molecule has 0 aliphatic rings. The van der Waals surface area contributed by atoms with E-state index in [1.807, 2.05) is 0 Å². The van der Waals surface area contributed by atoms with Crippen molar-refractivity contribution in [3.63, 3.8) is 0 Å². The average molecular weight is 273 g/mol. The van der Waals surface area contributed by atoms with E-state index < -0.39 is 0 Å². The maximum atomic E-state index is 11.3. The Bertz CT molecular complexity index is 238. The highest BCUT2D eigenvalue weighted by atomic mass is 16.5. The van der Waals surface area contributed by atoms with Crippen molar-refractivity contribution in [3.05, 3.63) is 0 Å². The predicted molar refractivity (Wildman–Crippen MR) is 73.8 cm³/mol. The summed E-state index contributed by atoms with van der Waals surface area (Å²) >= 11 is 0. The second-order valence-corrected chi connectivity index (χ2v) is 4.63. The van der Waals surface area contributed by atoms with E-state index in [1.54, 1.807) is 4.90 Å². The first-order valence-electron chi connectivity index (χ1n) is 7.00. The van der Waals surface area contributed by atoms with Crippen molar-refractivity contribution in [1.82, 2.24) is 4.90 Å². The van der Waals surface area contributed by atoms with Gasteiger partial charge in [-0.25, -0.2) is 0 Å². The topological polar surface area (TPSA) is 55.8 Å². The molecule has 0 aliphatic carbocycles. The molecule has 0 aromatic heterocycles. The number of rotatable bonds is 11. The van der Waals surface area contributed by atoms with Crippen LogP contribution in [0.2, 0.25) is 0 Å². The van der Waals surface area contributed by atoms with E-state index in [2.05, 4.69) is 16.4 Å². The Morgan fingerprint density at radius 2 is 1.32 bits per heavy atom. The van der Waals surface area contributed by atoms with Crippen molar-refractivity contribution in [3.8, 4) is 0 Å². The van der Waals surface area contributed by atoms with E-state index in [4.69, 9.17) is 0 Å². The van der Waals surface area contributed by atoms with Crippen LogP contribution in [0.4, 0.5) is 0 Å². The van der Waals surface area contributed by atoms with Gasteiger partial charge in [0.05, 0.1) is 27.3 Å². The Morgan fingerprint density at radius 3 is 1.79 bits per heavy atom. The zero-order valence-corrected chi connectivity index (χ0v) is 12.4. The van der Waals surface area contributed by atoms with Gasteiger partial charge in [-0.15, -0.1) is 0 Å². The van der Waals surface area contributed by atoms with E-state index in [-0.39, 0.29) is 25.0 Å². The van der Waals surface area contributed by atoms with Gasteiger partial charge in [-0.3, -0.25) is 14.5 Å². The van der Waals surface area contributed by atoms with Gasteiger partial charge in [0.25, 0.3) is 0 Å². The number of hydrogen-bond donors (Lipinski definition) is 0. The molecule has 0 aromatic rings. The minimum Gasteiger partial charge on any atom is -0.468 e. The molecule has 0 N–H and O–H groups in total. The molecule has 0 aliphatic heterocycles. The highest BCUT2D eigenvalue weighted by molar-refractivity contribution is 5.74. The van der Waals surface area contributed by atoms with Crippen LogP contribution >= 0.6 is 0 Å². The number of carbonyl (C=O) groups excluding carboxylic acids is 2. The minimum atomic E-state index is -0.324. The Kier molecular flexibility index (Phi) is 11.3. The summed E-state index contributed by atoms with van der Waals surface area (Å²) in [6.45, 7) is 3.19. The van der Waals surface area contributed by atoms with Crippen molar-refractivity contribution >= 4 is 11.9 Å². The summed E-state index contributed by atoms with van der Waals surface area (Å²) in [5, 5.41) is 0. The highest BCUT2D eigenvalue weighted by Gasteiger charge is 2.14. The van der Waals surface area contributed by atoms with Crippen molar-refractivity contribution in [2.75, 3.05) is 33.9 Å². The number of hydrogen-bond acceptors (Lipinski definition) is 5. The van der Waals surface area contributed by atoms with Crippen molar-refractivity contribution < 1.29 is 19.1 Å². The lowest BCUT2D eigenvalue weighted by atomic mass is 10.1. The lowest BCUT2D eigenvalue weighted by molar-refractivity contribution is -0.145. The van der Waals surface area contributed by atoms with Crippen LogP contribution in [0.15, 0.2) is 0 Å². The number of carbonyl (C=O) groups is 2. The summed E-state index contributed by atoms with van der Waals surface area (Å²) in [6.07, 6.45) is 7.07. The highest BCUT2D eigenvalue weighted by Crippen LogP contribution is 2.06. The summed E-state index contributed by atoms with van der Waals surface area (Å²) in [5.41, 5.74) is 0. The largest absolute Gasteiger partial charge is 0.468 e. The Labute approximate surface area is 116 Å². The van der Waals surface area contributed by atoms with Crippen molar-refractivity contribution in [2.24, 2.45) is 0 Å². The quantitative estimate of drug-likeness (QED) is 0.426. The molecular weight excluding hydrogens is 246 g/mol. The lowest BCUT2D eigenvalue weighted by Gasteiger charge is -2.19. The van der Waals surface area contributed by atoms with Gasteiger partial charge in [0.2, 0.25) is 0 Å². The van der Waals surface area contributed by atoms with Crippen molar-refractivity contribution in [1.29, 1.82) is 0 Å². The van der Waals surface area contributed by atoms with Gasteiger partial charge in [0.15, 0.2) is 0 Å². The van der Waals surface area contributed by atoms with E-state index >= 15 is 0 Å². The maximum Gasteiger partial charge on any atom is 0.319 e. The second kappa shape index (κ2) is 12.0. The standard InChI is InChI=1S/C14H27NO4/c1-4-5-6-7-8-9-10-15(11-13(16)18-2)12-14(17)19-3/h4-12H2,1-3H3. The molecule has 0 saturated heterocycles. The molecule has 5 nitrogen and oxygen atoms in total. The van der Waals surface area contributed by atoms with E-state index in [0.29, 0.717) is 0 Å². The first-order chi connectivity index (χ1) is 9.13. The number of unbranched alkanes of at least 4 members (excludes halogenated alkanes) is 5. The third-order valence-electron chi connectivity index (χ3n) is 2.99. The molecule has 0 spiro atoms. The van der Waals surface area contributed by atoms with Gasteiger partial charge in [-0.2, -0.15) is 0 Å². The molecule has 5 heteroatoms. The molecule has 112 valence electrons.